The number of hydrogen-bond donors (Lipinski definition) is 1. The first-order valence-corrected chi connectivity index (χ1v) is 8.53. The summed E-state index contributed by atoms with van der Waals surface area (Å²) in [5.74, 6) is 1.63. The van der Waals surface area contributed by atoms with Crippen molar-refractivity contribution >= 4 is 28.1 Å². The predicted molar refractivity (Wildman–Crippen MR) is 95.7 cm³/mol. The summed E-state index contributed by atoms with van der Waals surface area (Å²) in [6, 6.07) is 9.23. The van der Waals surface area contributed by atoms with Crippen LogP contribution in [0.25, 0.3) is 0 Å². The highest BCUT2D eigenvalue weighted by Crippen LogP contribution is 2.23. The van der Waals surface area contributed by atoms with Crippen molar-refractivity contribution in [2.75, 3.05) is 12.4 Å². The number of anilines is 2. The van der Waals surface area contributed by atoms with Crippen LogP contribution in [-0.4, -0.2) is 18.1 Å². The molecule has 130 valence electrons. The third-order valence-electron chi connectivity index (χ3n) is 3.51. The van der Waals surface area contributed by atoms with Crippen LogP contribution in [0.15, 0.2) is 40.1 Å². The number of thiazole rings is 1. The van der Waals surface area contributed by atoms with Crippen molar-refractivity contribution in [1.29, 1.82) is 0 Å². The average molecular weight is 358 g/mol. The summed E-state index contributed by atoms with van der Waals surface area (Å²) in [6.07, 6.45) is 0. The van der Waals surface area contributed by atoms with E-state index in [1.165, 1.54) is 11.3 Å². The molecular formula is C18H18N2O4S. The quantitative estimate of drug-likeness (QED) is 0.656. The maximum Gasteiger partial charge on any atom is 0.342 e. The van der Waals surface area contributed by atoms with E-state index in [1.807, 2.05) is 29.6 Å². The number of esters is 1. The molecule has 0 radical (unpaired) electrons. The molecule has 3 aromatic rings. The monoisotopic (exact) mass is 358 g/mol. The first-order chi connectivity index (χ1) is 12.0. The summed E-state index contributed by atoms with van der Waals surface area (Å²) in [5.41, 5.74) is 2.04. The van der Waals surface area contributed by atoms with Gasteiger partial charge in [-0.05, 0) is 44.2 Å². The number of benzene rings is 1. The van der Waals surface area contributed by atoms with Gasteiger partial charge in [0.25, 0.3) is 0 Å². The SMILES string of the molecule is COc1ccc(Nc2nc(COC(=O)c3cc(C)oc3C)cs2)cc1. The largest absolute Gasteiger partial charge is 0.497 e. The molecule has 0 fully saturated rings. The lowest BCUT2D eigenvalue weighted by Gasteiger charge is -2.04. The van der Waals surface area contributed by atoms with Gasteiger partial charge in [-0.1, -0.05) is 0 Å². The number of nitrogens with one attached hydrogen (secondary N) is 1. The Morgan fingerprint density at radius 3 is 2.68 bits per heavy atom. The number of hydrogen-bond acceptors (Lipinski definition) is 7. The van der Waals surface area contributed by atoms with E-state index in [0.29, 0.717) is 22.8 Å². The van der Waals surface area contributed by atoms with Crippen LogP contribution in [0.1, 0.15) is 27.6 Å². The molecule has 0 amide bonds. The van der Waals surface area contributed by atoms with Crippen LogP contribution in [0, 0.1) is 13.8 Å². The summed E-state index contributed by atoms with van der Waals surface area (Å²) < 4.78 is 15.8. The second-order valence-electron chi connectivity index (χ2n) is 5.40. The number of aromatic nitrogens is 1. The minimum atomic E-state index is -0.410. The Bertz CT molecular complexity index is 868. The minimum absolute atomic E-state index is 0.114. The van der Waals surface area contributed by atoms with Gasteiger partial charge in [-0.2, -0.15) is 0 Å². The molecule has 0 bridgehead atoms. The highest BCUT2D eigenvalue weighted by atomic mass is 32.1. The van der Waals surface area contributed by atoms with Gasteiger partial charge in [-0.3, -0.25) is 0 Å². The highest BCUT2D eigenvalue weighted by molar-refractivity contribution is 7.13. The Labute approximate surface area is 149 Å². The lowest BCUT2D eigenvalue weighted by Crippen LogP contribution is -2.05. The van der Waals surface area contributed by atoms with Gasteiger partial charge in [-0.15, -0.1) is 11.3 Å². The molecule has 3 rings (SSSR count). The first kappa shape index (κ1) is 17.0. The van der Waals surface area contributed by atoms with E-state index in [1.54, 1.807) is 27.0 Å². The van der Waals surface area contributed by atoms with Gasteiger partial charge in [0.2, 0.25) is 0 Å². The molecule has 0 aliphatic heterocycles. The van der Waals surface area contributed by atoms with Crippen LogP contribution in [0.3, 0.4) is 0 Å². The molecule has 6 nitrogen and oxygen atoms in total. The number of carbonyl (C=O) groups excluding carboxylic acids is 1. The molecule has 7 heteroatoms. The van der Waals surface area contributed by atoms with Gasteiger partial charge >= 0.3 is 5.97 Å². The van der Waals surface area contributed by atoms with Crippen LogP contribution in [-0.2, 0) is 11.3 Å². The van der Waals surface area contributed by atoms with E-state index < -0.39 is 5.97 Å². The number of furan rings is 1. The normalized spacial score (nSPS) is 10.5. The van der Waals surface area contributed by atoms with Crippen LogP contribution in [0.5, 0.6) is 5.75 Å². The van der Waals surface area contributed by atoms with Crippen molar-refractivity contribution in [3.63, 3.8) is 0 Å². The zero-order valence-corrected chi connectivity index (χ0v) is 15.0. The third kappa shape index (κ3) is 4.19. The second-order valence-corrected chi connectivity index (χ2v) is 6.26. The second kappa shape index (κ2) is 7.40. The number of rotatable bonds is 6. The number of aryl methyl sites for hydroxylation is 2. The smallest absolute Gasteiger partial charge is 0.342 e. The molecular weight excluding hydrogens is 340 g/mol. The van der Waals surface area contributed by atoms with Gasteiger partial charge in [0, 0.05) is 11.1 Å². The highest BCUT2D eigenvalue weighted by Gasteiger charge is 2.15. The molecule has 0 saturated carbocycles. The molecule has 0 unspecified atom stereocenters. The Morgan fingerprint density at radius 1 is 1.28 bits per heavy atom. The fourth-order valence-electron chi connectivity index (χ4n) is 2.28. The molecule has 2 aromatic heterocycles. The van der Waals surface area contributed by atoms with Gasteiger partial charge in [0.05, 0.1) is 12.8 Å². The predicted octanol–water partition coefficient (Wildman–Crippen LogP) is 4.46. The molecule has 0 aliphatic rings. The van der Waals surface area contributed by atoms with Gasteiger partial charge in [0.1, 0.15) is 29.4 Å². The number of nitrogens with zero attached hydrogens (tertiary/aromatic N) is 1. The van der Waals surface area contributed by atoms with Crippen molar-refractivity contribution in [1.82, 2.24) is 4.98 Å². The summed E-state index contributed by atoms with van der Waals surface area (Å²) in [6.45, 7) is 3.65. The summed E-state index contributed by atoms with van der Waals surface area (Å²) in [4.78, 5) is 16.5. The summed E-state index contributed by atoms with van der Waals surface area (Å²) in [5, 5.41) is 5.79. The first-order valence-electron chi connectivity index (χ1n) is 7.65. The van der Waals surface area contributed by atoms with Crippen molar-refractivity contribution in [3.05, 3.63) is 58.5 Å². The fraction of sp³-hybridized carbons (Fsp3) is 0.222. The van der Waals surface area contributed by atoms with Gasteiger partial charge < -0.3 is 19.2 Å². The van der Waals surface area contributed by atoms with Crippen molar-refractivity contribution in [2.24, 2.45) is 0 Å². The van der Waals surface area contributed by atoms with Crippen molar-refractivity contribution < 1.29 is 18.7 Å². The van der Waals surface area contributed by atoms with Gasteiger partial charge in [0.15, 0.2) is 5.13 Å². The fourth-order valence-corrected chi connectivity index (χ4v) is 2.99. The zero-order valence-electron chi connectivity index (χ0n) is 14.2. The molecule has 25 heavy (non-hydrogen) atoms. The molecule has 2 heterocycles. The molecule has 0 aliphatic carbocycles. The van der Waals surface area contributed by atoms with Gasteiger partial charge in [-0.25, -0.2) is 9.78 Å². The van der Waals surface area contributed by atoms with E-state index in [4.69, 9.17) is 13.9 Å². The van der Waals surface area contributed by atoms with Crippen LogP contribution < -0.4 is 10.1 Å². The molecule has 0 atom stereocenters. The van der Waals surface area contributed by atoms with E-state index in [2.05, 4.69) is 10.3 Å². The minimum Gasteiger partial charge on any atom is -0.497 e. The average Bonchev–Trinajstić information content (AvgIpc) is 3.19. The third-order valence-corrected chi connectivity index (χ3v) is 4.31. The number of carbonyl (C=O) groups is 1. The Morgan fingerprint density at radius 2 is 2.04 bits per heavy atom. The maximum absolute atomic E-state index is 12.1. The Hall–Kier alpha value is -2.80. The van der Waals surface area contributed by atoms with Crippen LogP contribution >= 0.6 is 11.3 Å². The standard InChI is InChI=1S/C18H18N2O4S/c1-11-8-16(12(2)24-11)17(21)23-9-14-10-25-18(20-14)19-13-4-6-15(22-3)7-5-13/h4-8,10H,9H2,1-3H3,(H,19,20). The van der Waals surface area contributed by atoms with Crippen LogP contribution in [0.4, 0.5) is 10.8 Å². The Balaban J connectivity index is 1.57. The van der Waals surface area contributed by atoms with E-state index in [9.17, 15) is 4.79 Å². The van der Waals surface area contributed by atoms with E-state index in [0.717, 1.165) is 16.6 Å². The molecule has 0 saturated heterocycles. The van der Waals surface area contributed by atoms with Crippen molar-refractivity contribution in [3.8, 4) is 5.75 Å². The number of ether oxygens (including phenoxy) is 2. The number of methoxy groups -OCH3 is 1. The topological polar surface area (TPSA) is 73.6 Å². The lowest BCUT2D eigenvalue weighted by atomic mass is 10.2. The molecule has 0 spiro atoms. The zero-order chi connectivity index (χ0) is 17.8. The molecule has 1 aromatic carbocycles. The summed E-state index contributed by atoms with van der Waals surface area (Å²) >= 11 is 1.45. The van der Waals surface area contributed by atoms with Crippen LogP contribution in [0.2, 0.25) is 0 Å². The van der Waals surface area contributed by atoms with E-state index in [-0.39, 0.29) is 6.61 Å². The summed E-state index contributed by atoms with van der Waals surface area (Å²) in [7, 11) is 1.63. The van der Waals surface area contributed by atoms with E-state index >= 15 is 0 Å². The maximum atomic E-state index is 12.1. The molecule has 1 N–H and O–H groups in total. The lowest BCUT2D eigenvalue weighted by molar-refractivity contribution is 0.0466. The Kier molecular flexibility index (Phi) is 5.04. The van der Waals surface area contributed by atoms with Crippen molar-refractivity contribution in [2.45, 2.75) is 20.5 Å².